The van der Waals surface area contributed by atoms with Crippen LogP contribution in [0, 0.1) is 0 Å². The molecule has 0 atom stereocenters. The molecule has 0 radical (unpaired) electrons. The molecule has 1 fully saturated rings. The molecule has 1 saturated carbocycles. The topological polar surface area (TPSA) is 70.3 Å². The van der Waals surface area contributed by atoms with E-state index in [-0.39, 0.29) is 11.6 Å². The van der Waals surface area contributed by atoms with Crippen LogP contribution in [-0.2, 0) is 0 Å². The zero-order valence-electron chi connectivity index (χ0n) is 11.8. The molecule has 2 rings (SSSR count). The molecule has 19 heavy (non-hydrogen) atoms. The van der Waals surface area contributed by atoms with Crippen molar-refractivity contribution in [2.75, 3.05) is 6.61 Å². The third-order valence-corrected chi connectivity index (χ3v) is 3.33. The van der Waals surface area contributed by atoms with E-state index in [0.717, 1.165) is 12.8 Å². The number of ether oxygens (including phenoxy) is 2. The average molecular weight is 265 g/mol. The fraction of sp³-hybridized carbons (Fsp3) is 0.714. The van der Waals surface area contributed by atoms with Gasteiger partial charge in [-0.25, -0.2) is 9.97 Å². The van der Waals surface area contributed by atoms with Crippen LogP contribution in [0.5, 0.6) is 11.8 Å². The quantitative estimate of drug-likeness (QED) is 0.884. The van der Waals surface area contributed by atoms with Crippen LogP contribution in [-0.4, -0.2) is 28.2 Å². The number of nitrogens with two attached hydrogens (primary N) is 1. The molecule has 0 amide bonds. The Balaban J connectivity index is 1.91. The van der Waals surface area contributed by atoms with E-state index in [0.29, 0.717) is 18.4 Å². The Morgan fingerprint density at radius 2 is 1.89 bits per heavy atom. The smallest absolute Gasteiger partial charge is 0.220 e. The van der Waals surface area contributed by atoms with Gasteiger partial charge in [-0.3, -0.25) is 0 Å². The van der Waals surface area contributed by atoms with Gasteiger partial charge >= 0.3 is 0 Å². The minimum absolute atomic E-state index is 0.0851. The Morgan fingerprint density at radius 3 is 2.58 bits per heavy atom. The lowest BCUT2D eigenvalue weighted by molar-refractivity contribution is 0.167. The minimum Gasteiger partial charge on any atom is -0.476 e. The first kappa shape index (κ1) is 14.1. The van der Waals surface area contributed by atoms with E-state index in [1.807, 2.05) is 13.8 Å². The molecule has 0 aromatic carbocycles. The van der Waals surface area contributed by atoms with Gasteiger partial charge < -0.3 is 15.2 Å². The van der Waals surface area contributed by atoms with E-state index in [9.17, 15) is 0 Å². The molecule has 1 heterocycles. The van der Waals surface area contributed by atoms with E-state index in [4.69, 9.17) is 15.2 Å². The molecular weight excluding hydrogens is 242 g/mol. The normalized spacial score (nSPS) is 18.3. The highest BCUT2D eigenvalue weighted by Crippen LogP contribution is 2.26. The number of rotatable bonds is 5. The number of hydrogen-bond acceptors (Lipinski definition) is 5. The van der Waals surface area contributed by atoms with Crippen LogP contribution in [0.1, 0.15) is 46.0 Å². The third-order valence-electron chi connectivity index (χ3n) is 3.33. The Hall–Kier alpha value is -1.36. The lowest BCUT2D eigenvalue weighted by Gasteiger charge is -2.32. The van der Waals surface area contributed by atoms with E-state index in [1.165, 1.54) is 25.6 Å². The zero-order valence-corrected chi connectivity index (χ0v) is 11.8. The van der Waals surface area contributed by atoms with Gasteiger partial charge in [-0.15, -0.1) is 0 Å². The van der Waals surface area contributed by atoms with Gasteiger partial charge in [-0.05, 0) is 26.7 Å². The molecule has 0 spiro atoms. The molecule has 0 aliphatic heterocycles. The second kappa shape index (κ2) is 6.19. The predicted molar refractivity (Wildman–Crippen MR) is 73.3 cm³/mol. The summed E-state index contributed by atoms with van der Waals surface area (Å²) in [4.78, 5) is 8.14. The lowest BCUT2D eigenvalue weighted by atomic mass is 9.83. The van der Waals surface area contributed by atoms with Crippen molar-refractivity contribution in [3.8, 4) is 11.8 Å². The second-order valence-electron chi connectivity index (χ2n) is 5.57. The zero-order chi connectivity index (χ0) is 13.7. The summed E-state index contributed by atoms with van der Waals surface area (Å²) in [5.74, 6) is 1.07. The molecule has 1 aliphatic carbocycles. The number of aromatic nitrogens is 2. The van der Waals surface area contributed by atoms with Gasteiger partial charge in [-0.2, -0.15) is 0 Å². The minimum atomic E-state index is -0.206. The van der Waals surface area contributed by atoms with Crippen molar-refractivity contribution >= 4 is 0 Å². The van der Waals surface area contributed by atoms with Crippen molar-refractivity contribution in [1.29, 1.82) is 0 Å². The summed E-state index contributed by atoms with van der Waals surface area (Å²) in [5.41, 5.74) is 6.12. The Morgan fingerprint density at radius 1 is 1.21 bits per heavy atom. The average Bonchev–Trinajstić information content (AvgIpc) is 2.37. The van der Waals surface area contributed by atoms with Gasteiger partial charge in [0.1, 0.15) is 12.9 Å². The van der Waals surface area contributed by atoms with Crippen LogP contribution >= 0.6 is 0 Å². The molecular formula is C14H23N3O2. The molecule has 1 aromatic heterocycles. The maximum atomic E-state index is 6.33. The van der Waals surface area contributed by atoms with Crippen LogP contribution in [0.3, 0.4) is 0 Å². The van der Waals surface area contributed by atoms with Gasteiger partial charge in [0.05, 0.1) is 17.7 Å². The van der Waals surface area contributed by atoms with Crippen LogP contribution in [0.2, 0.25) is 0 Å². The van der Waals surface area contributed by atoms with Gasteiger partial charge in [0.2, 0.25) is 11.8 Å². The summed E-state index contributed by atoms with van der Waals surface area (Å²) in [7, 11) is 0. The molecule has 5 nitrogen and oxygen atoms in total. The molecule has 2 N–H and O–H groups in total. The maximum absolute atomic E-state index is 6.33. The summed E-state index contributed by atoms with van der Waals surface area (Å²) >= 11 is 0. The molecule has 1 aromatic rings. The third kappa shape index (κ3) is 4.35. The molecule has 1 aliphatic rings. The lowest BCUT2D eigenvalue weighted by Crippen LogP contribution is -2.47. The molecule has 5 heteroatoms. The van der Waals surface area contributed by atoms with Crippen molar-refractivity contribution in [2.24, 2.45) is 5.73 Å². The second-order valence-corrected chi connectivity index (χ2v) is 5.57. The van der Waals surface area contributed by atoms with Crippen molar-refractivity contribution in [3.63, 3.8) is 0 Å². The summed E-state index contributed by atoms with van der Waals surface area (Å²) in [6, 6.07) is 1.71. The van der Waals surface area contributed by atoms with Gasteiger partial charge in [0.25, 0.3) is 0 Å². The fourth-order valence-electron chi connectivity index (χ4n) is 2.33. The van der Waals surface area contributed by atoms with E-state index in [2.05, 4.69) is 9.97 Å². The molecule has 106 valence electrons. The van der Waals surface area contributed by atoms with Crippen LogP contribution in [0.15, 0.2) is 12.4 Å². The first-order chi connectivity index (χ1) is 9.07. The SMILES string of the molecule is CC(C)Oc1cc(OCC2(N)CCCCC2)ncn1. The first-order valence-electron chi connectivity index (χ1n) is 6.98. The Bertz CT molecular complexity index is 403. The summed E-state index contributed by atoms with van der Waals surface area (Å²) < 4.78 is 11.2. The maximum Gasteiger partial charge on any atom is 0.220 e. The first-order valence-corrected chi connectivity index (χ1v) is 6.98. The highest BCUT2D eigenvalue weighted by atomic mass is 16.5. The summed E-state index contributed by atoms with van der Waals surface area (Å²) in [6.45, 7) is 4.42. The largest absolute Gasteiger partial charge is 0.476 e. The number of hydrogen-bond donors (Lipinski definition) is 1. The predicted octanol–water partition coefficient (Wildman–Crippen LogP) is 2.30. The Labute approximate surface area is 114 Å². The van der Waals surface area contributed by atoms with Crippen molar-refractivity contribution in [1.82, 2.24) is 9.97 Å². The standard InChI is InChI=1S/C14H23N3O2/c1-11(2)19-13-8-12(16-10-17-13)18-9-14(15)6-4-3-5-7-14/h8,10-11H,3-7,9,15H2,1-2H3. The fourth-order valence-corrected chi connectivity index (χ4v) is 2.33. The monoisotopic (exact) mass is 265 g/mol. The van der Waals surface area contributed by atoms with Gasteiger partial charge in [0, 0.05) is 0 Å². The van der Waals surface area contributed by atoms with E-state index in [1.54, 1.807) is 6.07 Å². The highest BCUT2D eigenvalue weighted by Gasteiger charge is 2.28. The van der Waals surface area contributed by atoms with Crippen molar-refractivity contribution < 1.29 is 9.47 Å². The molecule has 0 bridgehead atoms. The van der Waals surface area contributed by atoms with Crippen molar-refractivity contribution in [3.05, 3.63) is 12.4 Å². The summed E-state index contributed by atoms with van der Waals surface area (Å²) in [6.07, 6.45) is 7.23. The van der Waals surface area contributed by atoms with Crippen molar-refractivity contribution in [2.45, 2.75) is 57.6 Å². The Kier molecular flexibility index (Phi) is 4.58. The molecule has 0 saturated heterocycles. The molecule has 0 unspecified atom stereocenters. The van der Waals surface area contributed by atoms with Gasteiger partial charge in [0.15, 0.2) is 0 Å². The van der Waals surface area contributed by atoms with Crippen LogP contribution in [0.25, 0.3) is 0 Å². The van der Waals surface area contributed by atoms with Gasteiger partial charge in [-0.1, -0.05) is 19.3 Å². The number of nitrogens with zero attached hydrogens (tertiary/aromatic N) is 2. The summed E-state index contributed by atoms with van der Waals surface area (Å²) in [5, 5.41) is 0. The van der Waals surface area contributed by atoms with E-state index < -0.39 is 0 Å². The van der Waals surface area contributed by atoms with Crippen LogP contribution < -0.4 is 15.2 Å². The highest BCUT2D eigenvalue weighted by molar-refractivity contribution is 5.18. The van der Waals surface area contributed by atoms with Crippen LogP contribution in [0.4, 0.5) is 0 Å². The van der Waals surface area contributed by atoms with E-state index >= 15 is 0 Å².